The van der Waals surface area contributed by atoms with Crippen molar-refractivity contribution in [2.24, 2.45) is 0 Å². The summed E-state index contributed by atoms with van der Waals surface area (Å²) in [5.74, 6) is 2.03. The molecule has 0 saturated carbocycles. The Morgan fingerprint density at radius 2 is 1.05 bits per heavy atom. The van der Waals surface area contributed by atoms with Crippen molar-refractivity contribution in [3.63, 3.8) is 0 Å². The summed E-state index contributed by atoms with van der Waals surface area (Å²) in [6, 6.07) is 62.7. The van der Waals surface area contributed by atoms with Crippen LogP contribution in [0.25, 0.3) is 106 Å². The van der Waals surface area contributed by atoms with Crippen LogP contribution < -0.4 is 0 Å². The second kappa shape index (κ2) is 13.0. The van der Waals surface area contributed by atoms with E-state index in [0.29, 0.717) is 17.5 Å². The summed E-state index contributed by atoms with van der Waals surface area (Å²) >= 11 is 0. The molecule has 3 heterocycles. The van der Waals surface area contributed by atoms with E-state index in [1.807, 2.05) is 36.4 Å². The number of hydrogen-bond donors (Lipinski definition) is 0. The molecule has 0 fully saturated rings. The molecule has 0 atom stereocenters. The third-order valence-electron chi connectivity index (χ3n) is 11.8. The van der Waals surface area contributed by atoms with Crippen molar-refractivity contribution < 1.29 is 0 Å². The van der Waals surface area contributed by atoms with Crippen LogP contribution in [-0.4, -0.2) is 24.1 Å². The van der Waals surface area contributed by atoms with Gasteiger partial charge in [0.05, 0.1) is 27.8 Å². The Bertz CT molecular complexity index is 3370. The van der Waals surface area contributed by atoms with E-state index < -0.39 is 0 Å². The van der Waals surface area contributed by atoms with E-state index >= 15 is 0 Å². The van der Waals surface area contributed by atoms with Crippen molar-refractivity contribution in [1.29, 1.82) is 0 Å². The van der Waals surface area contributed by atoms with E-state index in [4.69, 9.17) is 15.0 Å². The van der Waals surface area contributed by atoms with Crippen molar-refractivity contribution in [3.8, 4) is 45.5 Å². The van der Waals surface area contributed by atoms with Crippen molar-refractivity contribution in [2.45, 2.75) is 12.8 Å². The highest BCUT2D eigenvalue weighted by Gasteiger charge is 2.24. The highest BCUT2D eigenvalue weighted by Crippen LogP contribution is 2.43. The predicted molar refractivity (Wildman–Crippen MR) is 240 cm³/mol. The number of fused-ring (bicyclic) bond motifs is 9. The van der Waals surface area contributed by atoms with Gasteiger partial charge < -0.3 is 9.13 Å². The third kappa shape index (κ3) is 5.00. The van der Waals surface area contributed by atoms with E-state index in [9.17, 15) is 0 Å². The molecule has 0 spiro atoms. The van der Waals surface area contributed by atoms with Crippen molar-refractivity contribution in [1.82, 2.24) is 24.1 Å². The van der Waals surface area contributed by atoms with Crippen molar-refractivity contribution >= 4 is 60.5 Å². The van der Waals surface area contributed by atoms with Crippen LogP contribution >= 0.6 is 0 Å². The first-order valence-corrected chi connectivity index (χ1v) is 19.9. The second-order valence-electron chi connectivity index (χ2n) is 15.1. The Balaban J connectivity index is 1.14. The van der Waals surface area contributed by atoms with Gasteiger partial charge in [-0.05, 0) is 66.3 Å². The molecule has 58 heavy (non-hydrogen) atoms. The fourth-order valence-electron chi connectivity index (χ4n) is 9.21. The Hall–Kier alpha value is -7.63. The minimum Gasteiger partial charge on any atom is -0.309 e. The van der Waals surface area contributed by atoms with Crippen LogP contribution in [-0.2, 0) is 6.42 Å². The summed E-state index contributed by atoms with van der Waals surface area (Å²) in [7, 11) is 0. The molecule has 11 aromatic rings. The standard InChI is InChI=1S/C53H35N5/c1-4-17-35(18-5-1)51-54-52(36-19-6-2-7-20-36)56-53(55-51)43-30-31-47(40-25-13-12-24-39(40)43)58-46-27-15-14-26-41(46)44-32-45-42-29-28-34-16-10-11-23-38(34)50(42)57(48(45)33-49(44)58)37-21-8-3-9-22-37/h1-11,13-23,25-33H,12,24H2. The summed E-state index contributed by atoms with van der Waals surface area (Å²) < 4.78 is 4.94. The van der Waals surface area contributed by atoms with Gasteiger partial charge in [-0.25, -0.2) is 15.0 Å². The highest BCUT2D eigenvalue weighted by atomic mass is 15.0. The van der Waals surface area contributed by atoms with Crippen LogP contribution in [0.2, 0.25) is 0 Å². The summed E-state index contributed by atoms with van der Waals surface area (Å²) in [4.78, 5) is 15.3. The van der Waals surface area contributed by atoms with E-state index in [2.05, 4.69) is 161 Å². The summed E-state index contributed by atoms with van der Waals surface area (Å²) in [5.41, 5.74) is 12.5. The van der Waals surface area contributed by atoms with Crippen LogP contribution in [0.5, 0.6) is 0 Å². The summed E-state index contributed by atoms with van der Waals surface area (Å²) in [6.45, 7) is 0. The quantitative estimate of drug-likeness (QED) is 0.176. The molecule has 0 N–H and O–H groups in total. The van der Waals surface area contributed by atoms with Gasteiger partial charge >= 0.3 is 0 Å². The number of allylic oxidation sites excluding steroid dienone is 1. The minimum atomic E-state index is 0.668. The van der Waals surface area contributed by atoms with Crippen molar-refractivity contribution in [3.05, 3.63) is 193 Å². The second-order valence-corrected chi connectivity index (χ2v) is 15.1. The molecule has 0 bridgehead atoms. The Morgan fingerprint density at radius 3 is 1.81 bits per heavy atom. The van der Waals surface area contributed by atoms with Gasteiger partial charge in [-0.2, -0.15) is 0 Å². The molecule has 0 aliphatic heterocycles. The van der Waals surface area contributed by atoms with Gasteiger partial charge in [0, 0.05) is 54.9 Å². The number of benzene rings is 8. The fraction of sp³-hybridized carbons (Fsp3) is 0.0377. The largest absolute Gasteiger partial charge is 0.309 e. The zero-order valence-electron chi connectivity index (χ0n) is 31.5. The number of hydrogen-bond acceptors (Lipinski definition) is 3. The van der Waals surface area contributed by atoms with Crippen LogP contribution in [0, 0.1) is 0 Å². The van der Waals surface area contributed by atoms with Crippen LogP contribution in [0.3, 0.4) is 0 Å². The van der Waals surface area contributed by atoms with Gasteiger partial charge in [0.2, 0.25) is 0 Å². The lowest BCUT2D eigenvalue weighted by atomic mass is 9.90. The monoisotopic (exact) mass is 741 g/mol. The van der Waals surface area contributed by atoms with E-state index in [-0.39, 0.29) is 0 Å². The van der Waals surface area contributed by atoms with Gasteiger partial charge in [0.1, 0.15) is 0 Å². The molecule has 0 amide bonds. The molecule has 0 radical (unpaired) electrons. The third-order valence-corrected chi connectivity index (χ3v) is 11.8. The normalized spacial score (nSPS) is 12.6. The first kappa shape index (κ1) is 32.6. The molecule has 8 aromatic carbocycles. The Morgan fingerprint density at radius 1 is 0.431 bits per heavy atom. The SMILES string of the molecule is C1=Cc2c(-n3c4ccccc4c4cc5c6ccc7ccccc7c6n(-c6ccccc6)c5cc43)ccc(-c3nc(-c4ccccc4)nc(-c4ccccc4)n3)c2CC1. The molecule has 0 saturated heterocycles. The molecule has 1 aliphatic carbocycles. The Kier molecular flexibility index (Phi) is 7.29. The van der Waals surface area contributed by atoms with Gasteiger partial charge in [0.25, 0.3) is 0 Å². The van der Waals surface area contributed by atoms with Crippen LogP contribution in [0.1, 0.15) is 17.5 Å². The zero-order valence-corrected chi connectivity index (χ0v) is 31.5. The maximum Gasteiger partial charge on any atom is 0.164 e. The lowest BCUT2D eigenvalue weighted by Gasteiger charge is -2.21. The zero-order chi connectivity index (χ0) is 38.2. The molecule has 12 rings (SSSR count). The Labute approximate surface area is 334 Å². The molecule has 272 valence electrons. The van der Waals surface area contributed by atoms with Crippen LogP contribution in [0.15, 0.2) is 182 Å². The first-order valence-electron chi connectivity index (χ1n) is 19.9. The smallest absolute Gasteiger partial charge is 0.164 e. The number of para-hydroxylation sites is 2. The van der Waals surface area contributed by atoms with Gasteiger partial charge in [-0.1, -0.05) is 146 Å². The lowest BCUT2D eigenvalue weighted by molar-refractivity contribution is 0.970. The molecule has 1 aliphatic rings. The molecular formula is C53H35N5. The van der Waals surface area contributed by atoms with E-state index in [1.165, 1.54) is 65.5 Å². The molecule has 5 nitrogen and oxygen atoms in total. The van der Waals surface area contributed by atoms with E-state index in [1.54, 1.807) is 0 Å². The molecule has 5 heteroatoms. The van der Waals surface area contributed by atoms with Crippen molar-refractivity contribution in [2.75, 3.05) is 0 Å². The lowest BCUT2D eigenvalue weighted by Crippen LogP contribution is -2.07. The van der Waals surface area contributed by atoms with Gasteiger partial charge in [-0.15, -0.1) is 0 Å². The summed E-state index contributed by atoms with van der Waals surface area (Å²) in [5, 5.41) is 7.45. The minimum absolute atomic E-state index is 0.668. The fourth-order valence-corrected chi connectivity index (χ4v) is 9.21. The number of nitrogens with zero attached hydrogens (tertiary/aromatic N) is 5. The number of rotatable bonds is 5. The molecule has 0 unspecified atom stereocenters. The van der Waals surface area contributed by atoms with Gasteiger partial charge in [-0.3, -0.25) is 0 Å². The highest BCUT2D eigenvalue weighted by molar-refractivity contribution is 6.23. The average molecular weight is 742 g/mol. The van der Waals surface area contributed by atoms with E-state index in [0.717, 1.165) is 40.9 Å². The maximum atomic E-state index is 5.16. The van der Waals surface area contributed by atoms with Crippen LogP contribution in [0.4, 0.5) is 0 Å². The molecular weight excluding hydrogens is 707 g/mol. The number of aromatic nitrogens is 5. The predicted octanol–water partition coefficient (Wildman–Crippen LogP) is 13.2. The average Bonchev–Trinajstić information content (AvgIpc) is 3.80. The van der Waals surface area contributed by atoms with Gasteiger partial charge in [0.15, 0.2) is 17.5 Å². The summed E-state index contributed by atoms with van der Waals surface area (Å²) in [6.07, 6.45) is 6.45. The first-order chi connectivity index (χ1) is 28.8. The topological polar surface area (TPSA) is 48.5 Å². The molecule has 3 aromatic heterocycles. The maximum absolute atomic E-state index is 5.16.